The van der Waals surface area contributed by atoms with Crippen LogP contribution in [-0.2, 0) is 11.5 Å². The van der Waals surface area contributed by atoms with Gasteiger partial charge in [0.25, 0.3) is 0 Å². The number of hydrogen-bond acceptors (Lipinski definition) is 4. The smallest absolute Gasteiger partial charge is 0.413 e. The van der Waals surface area contributed by atoms with E-state index in [2.05, 4.69) is 15.0 Å². The van der Waals surface area contributed by atoms with E-state index >= 15 is 0 Å². The molecule has 0 saturated heterocycles. The summed E-state index contributed by atoms with van der Waals surface area (Å²) in [6, 6.07) is 11.5. The molecule has 118 valence electrons. The van der Waals surface area contributed by atoms with Crippen LogP contribution in [0.4, 0.5) is 15.1 Å². The Bertz CT molecular complexity index is 859. The Labute approximate surface area is 131 Å². The van der Waals surface area contributed by atoms with E-state index in [0.29, 0.717) is 11.0 Å². The minimum absolute atomic E-state index is 0.186. The van der Waals surface area contributed by atoms with Crippen LogP contribution in [0.2, 0.25) is 0 Å². The van der Waals surface area contributed by atoms with E-state index in [4.69, 9.17) is 0 Å². The number of anilines is 1. The molecule has 2 aromatic carbocycles. The summed E-state index contributed by atoms with van der Waals surface area (Å²) >= 11 is 0. The van der Waals surface area contributed by atoms with Crippen molar-refractivity contribution in [2.24, 2.45) is 0 Å². The molecule has 2 N–H and O–H groups in total. The first-order valence-corrected chi connectivity index (χ1v) is 6.84. The number of imidazole rings is 1. The number of benzene rings is 2. The fourth-order valence-electron chi connectivity index (χ4n) is 2.33. The highest BCUT2D eigenvalue weighted by Gasteiger charge is 2.13. The molecular weight excluding hydrogens is 301 g/mol. The molecule has 1 amide bonds. The van der Waals surface area contributed by atoms with E-state index in [-0.39, 0.29) is 18.5 Å². The maximum Gasteiger partial charge on any atom is 0.413 e. The number of methoxy groups -OCH3 is 1. The summed E-state index contributed by atoms with van der Waals surface area (Å²) in [5.41, 5.74) is 2.94. The third kappa shape index (κ3) is 2.86. The molecule has 3 rings (SSSR count). The molecular formula is C16H14FN3O3. The normalized spacial score (nSPS) is 10.7. The number of aromatic nitrogens is 2. The summed E-state index contributed by atoms with van der Waals surface area (Å²) in [7, 11) is 1.24. The van der Waals surface area contributed by atoms with Crippen molar-refractivity contribution in [1.29, 1.82) is 0 Å². The number of fused-ring (bicyclic) bond motifs is 1. The van der Waals surface area contributed by atoms with Gasteiger partial charge < -0.3 is 9.84 Å². The molecule has 0 aliphatic heterocycles. The summed E-state index contributed by atoms with van der Waals surface area (Å²) in [5, 5.41) is 11.9. The Morgan fingerprint density at radius 1 is 1.26 bits per heavy atom. The van der Waals surface area contributed by atoms with Crippen LogP contribution in [-0.4, -0.2) is 27.9 Å². The van der Waals surface area contributed by atoms with E-state index < -0.39 is 6.09 Å². The van der Waals surface area contributed by atoms with Gasteiger partial charge in [-0.3, -0.25) is 9.88 Å². The van der Waals surface area contributed by atoms with Gasteiger partial charge in [0.15, 0.2) is 0 Å². The number of hydrogen-bond donors (Lipinski definition) is 2. The molecule has 0 fully saturated rings. The number of amides is 1. The highest BCUT2D eigenvalue weighted by Crippen LogP contribution is 2.26. The maximum atomic E-state index is 13.0. The summed E-state index contributed by atoms with van der Waals surface area (Å²) in [4.78, 5) is 15.6. The highest BCUT2D eigenvalue weighted by atomic mass is 19.1. The van der Waals surface area contributed by atoms with E-state index in [1.165, 1.54) is 23.8 Å². The molecule has 0 aliphatic carbocycles. The number of rotatable bonds is 3. The zero-order valence-corrected chi connectivity index (χ0v) is 12.3. The molecule has 6 nitrogen and oxygen atoms in total. The van der Waals surface area contributed by atoms with Gasteiger partial charge in [-0.15, -0.1) is 0 Å². The van der Waals surface area contributed by atoms with Crippen LogP contribution in [0.15, 0.2) is 42.5 Å². The lowest BCUT2D eigenvalue weighted by molar-refractivity contribution is 0.185. The molecule has 0 radical (unpaired) electrons. The van der Waals surface area contributed by atoms with E-state index in [1.807, 2.05) is 6.07 Å². The van der Waals surface area contributed by atoms with Gasteiger partial charge >= 0.3 is 6.09 Å². The maximum absolute atomic E-state index is 13.0. The third-order valence-electron chi connectivity index (χ3n) is 3.47. The molecule has 1 heterocycles. The molecule has 7 heteroatoms. The van der Waals surface area contributed by atoms with Gasteiger partial charge in [-0.05, 0) is 35.4 Å². The average molecular weight is 315 g/mol. The topological polar surface area (TPSA) is 76.4 Å². The van der Waals surface area contributed by atoms with Crippen LogP contribution in [0.3, 0.4) is 0 Å². The number of aliphatic hydroxyl groups excluding tert-OH is 1. The zero-order chi connectivity index (χ0) is 16.4. The van der Waals surface area contributed by atoms with Crippen LogP contribution < -0.4 is 5.32 Å². The summed E-state index contributed by atoms with van der Waals surface area (Å²) < 4.78 is 19.0. The van der Waals surface area contributed by atoms with Crippen molar-refractivity contribution in [3.8, 4) is 11.1 Å². The predicted octanol–water partition coefficient (Wildman–Crippen LogP) is 2.97. The van der Waals surface area contributed by atoms with Gasteiger partial charge in [-0.1, -0.05) is 18.2 Å². The first kappa shape index (κ1) is 15.0. The molecule has 0 aliphatic rings. The molecule has 23 heavy (non-hydrogen) atoms. The number of aliphatic hydroxyl groups is 1. The number of nitrogens with zero attached hydrogens (tertiary/aromatic N) is 2. The molecule has 3 aromatic rings. The summed E-state index contributed by atoms with van der Waals surface area (Å²) in [6.07, 6.45) is -0.672. The Hall–Kier alpha value is -2.93. The standard InChI is InChI=1S/C16H14FN3O3/c1-23-16(22)19-15-18-13-8-11(4-7-14(13)20(15)9-21)10-2-5-12(17)6-3-10/h2-8,21H,9H2,1H3,(H,18,19,22). The minimum Gasteiger partial charge on any atom is -0.453 e. The summed E-state index contributed by atoms with van der Waals surface area (Å²) in [5.74, 6) is -0.116. The zero-order valence-electron chi connectivity index (χ0n) is 12.3. The van der Waals surface area contributed by atoms with Gasteiger partial charge in [0, 0.05) is 0 Å². The molecule has 0 unspecified atom stereocenters. The first-order valence-electron chi connectivity index (χ1n) is 6.84. The van der Waals surface area contributed by atoms with Crippen molar-refractivity contribution >= 4 is 23.1 Å². The second-order valence-electron chi connectivity index (χ2n) is 4.83. The summed E-state index contributed by atoms with van der Waals surface area (Å²) in [6.45, 7) is -0.342. The van der Waals surface area contributed by atoms with Crippen LogP contribution in [0.1, 0.15) is 0 Å². The number of halogens is 1. The Balaban J connectivity index is 2.06. The first-order chi connectivity index (χ1) is 11.1. The monoisotopic (exact) mass is 315 g/mol. The van der Waals surface area contributed by atoms with Crippen molar-refractivity contribution in [3.05, 3.63) is 48.3 Å². The van der Waals surface area contributed by atoms with Gasteiger partial charge in [-0.25, -0.2) is 14.2 Å². The predicted molar refractivity (Wildman–Crippen MR) is 83.4 cm³/mol. The molecule has 1 aromatic heterocycles. The fraction of sp³-hybridized carbons (Fsp3) is 0.125. The van der Waals surface area contributed by atoms with Crippen molar-refractivity contribution in [3.63, 3.8) is 0 Å². The third-order valence-corrected chi connectivity index (χ3v) is 3.47. The van der Waals surface area contributed by atoms with Gasteiger partial charge in [0.1, 0.15) is 12.5 Å². The fourth-order valence-corrected chi connectivity index (χ4v) is 2.33. The van der Waals surface area contributed by atoms with Gasteiger partial charge in [-0.2, -0.15) is 0 Å². The van der Waals surface area contributed by atoms with Crippen molar-refractivity contribution < 1.29 is 19.0 Å². The number of carbonyl (C=O) groups excluding carboxylic acids is 1. The Morgan fingerprint density at radius 3 is 2.61 bits per heavy atom. The molecule has 0 spiro atoms. The molecule has 0 bridgehead atoms. The highest BCUT2D eigenvalue weighted by molar-refractivity contribution is 5.88. The molecule has 0 atom stereocenters. The second-order valence-corrected chi connectivity index (χ2v) is 4.83. The number of ether oxygens (including phenoxy) is 1. The van der Waals surface area contributed by atoms with Crippen LogP contribution in [0, 0.1) is 5.82 Å². The average Bonchev–Trinajstić information content (AvgIpc) is 2.91. The van der Waals surface area contributed by atoms with E-state index in [9.17, 15) is 14.3 Å². The molecule has 0 saturated carbocycles. The Kier molecular flexibility index (Phi) is 3.94. The lowest BCUT2D eigenvalue weighted by Gasteiger charge is -2.06. The van der Waals surface area contributed by atoms with Gasteiger partial charge in [0.05, 0.1) is 18.1 Å². The van der Waals surface area contributed by atoms with Crippen LogP contribution in [0.25, 0.3) is 22.2 Å². The van der Waals surface area contributed by atoms with Crippen molar-refractivity contribution in [2.45, 2.75) is 6.73 Å². The van der Waals surface area contributed by atoms with Crippen LogP contribution >= 0.6 is 0 Å². The van der Waals surface area contributed by atoms with Crippen molar-refractivity contribution in [1.82, 2.24) is 9.55 Å². The Morgan fingerprint density at radius 2 is 1.96 bits per heavy atom. The quantitative estimate of drug-likeness (QED) is 0.779. The number of nitrogens with one attached hydrogen (secondary N) is 1. The van der Waals surface area contributed by atoms with Crippen molar-refractivity contribution in [2.75, 3.05) is 12.4 Å². The lowest BCUT2D eigenvalue weighted by Crippen LogP contribution is -2.15. The largest absolute Gasteiger partial charge is 0.453 e. The van der Waals surface area contributed by atoms with E-state index in [0.717, 1.165) is 11.1 Å². The number of carbonyl (C=O) groups is 1. The SMILES string of the molecule is COC(=O)Nc1nc2cc(-c3ccc(F)cc3)ccc2n1CO. The van der Waals surface area contributed by atoms with Gasteiger partial charge in [0.2, 0.25) is 5.95 Å². The minimum atomic E-state index is -0.672. The lowest BCUT2D eigenvalue weighted by atomic mass is 10.1. The second kappa shape index (κ2) is 6.05. The van der Waals surface area contributed by atoms with Crippen LogP contribution in [0.5, 0.6) is 0 Å². The van der Waals surface area contributed by atoms with E-state index in [1.54, 1.807) is 24.3 Å².